The highest BCUT2D eigenvalue weighted by molar-refractivity contribution is 6.32. The maximum absolute atomic E-state index is 9.00. The van der Waals surface area contributed by atoms with Crippen molar-refractivity contribution in [1.82, 2.24) is 10.3 Å². The predicted octanol–water partition coefficient (Wildman–Crippen LogP) is 2.91. The Bertz CT molecular complexity index is 637. The lowest BCUT2D eigenvalue weighted by atomic mass is 10.2. The second-order valence-electron chi connectivity index (χ2n) is 4.17. The lowest BCUT2D eigenvalue weighted by Crippen LogP contribution is -2.08. The number of benzene rings is 1. The van der Waals surface area contributed by atoms with Crippen LogP contribution in [0.4, 0.5) is 0 Å². The van der Waals surface area contributed by atoms with Crippen LogP contribution in [-0.4, -0.2) is 12.0 Å². The average molecular weight is 288 g/mol. The van der Waals surface area contributed by atoms with Crippen molar-refractivity contribution in [1.29, 1.82) is 5.26 Å². The first kappa shape index (κ1) is 14.3. The molecule has 0 aliphatic heterocycles. The number of hydrogen-bond acceptors (Lipinski definition) is 4. The summed E-state index contributed by atoms with van der Waals surface area (Å²) in [7, 11) is 1.86. The molecule has 0 radical (unpaired) electrons. The minimum atomic E-state index is 0.261. The molecular weight excluding hydrogens is 274 g/mol. The minimum Gasteiger partial charge on any atom is -0.487 e. The van der Waals surface area contributed by atoms with Crippen LogP contribution in [0.1, 0.15) is 16.8 Å². The van der Waals surface area contributed by atoms with Crippen LogP contribution >= 0.6 is 11.6 Å². The molecular formula is C15H14ClN3O. The number of hydrogen-bond donors (Lipinski definition) is 1. The molecule has 0 atom stereocenters. The zero-order valence-corrected chi connectivity index (χ0v) is 11.8. The standard InChI is InChI=1S/C15H14ClN3O/c1-18-9-11-4-2-6-13(16)15(11)20-10-12-5-3-7-19-14(12)8-17/h2-7,18H,9-10H2,1H3. The Kier molecular flexibility index (Phi) is 4.94. The van der Waals surface area contributed by atoms with E-state index in [1.165, 1.54) is 0 Å². The Morgan fingerprint density at radius 1 is 1.30 bits per heavy atom. The Morgan fingerprint density at radius 3 is 2.85 bits per heavy atom. The van der Waals surface area contributed by atoms with Gasteiger partial charge >= 0.3 is 0 Å². The zero-order valence-electron chi connectivity index (χ0n) is 11.1. The monoisotopic (exact) mass is 287 g/mol. The molecule has 0 aliphatic carbocycles. The van der Waals surface area contributed by atoms with Crippen molar-refractivity contribution in [3.05, 3.63) is 58.4 Å². The van der Waals surface area contributed by atoms with Gasteiger partial charge in [0.05, 0.1) is 5.02 Å². The zero-order chi connectivity index (χ0) is 14.4. The number of aromatic nitrogens is 1. The van der Waals surface area contributed by atoms with Crippen molar-refractivity contribution < 1.29 is 4.74 Å². The quantitative estimate of drug-likeness (QED) is 0.918. The van der Waals surface area contributed by atoms with Gasteiger partial charge in [-0.25, -0.2) is 4.98 Å². The molecule has 102 valence electrons. The number of nitriles is 1. The highest BCUT2D eigenvalue weighted by Gasteiger charge is 2.10. The van der Waals surface area contributed by atoms with Gasteiger partial charge in [-0.05, 0) is 19.2 Å². The normalized spacial score (nSPS) is 10.1. The van der Waals surface area contributed by atoms with E-state index in [0.29, 0.717) is 23.0 Å². The Balaban J connectivity index is 2.21. The van der Waals surface area contributed by atoms with Crippen LogP contribution < -0.4 is 10.1 Å². The molecule has 0 aliphatic rings. The van der Waals surface area contributed by atoms with Crippen LogP contribution in [0.2, 0.25) is 5.02 Å². The molecule has 2 aromatic rings. The van der Waals surface area contributed by atoms with E-state index in [1.807, 2.05) is 31.3 Å². The fraction of sp³-hybridized carbons (Fsp3) is 0.200. The van der Waals surface area contributed by atoms with E-state index in [4.69, 9.17) is 21.6 Å². The number of halogens is 1. The highest BCUT2D eigenvalue weighted by atomic mass is 35.5. The SMILES string of the molecule is CNCc1cccc(Cl)c1OCc1cccnc1C#N. The first-order valence-electron chi connectivity index (χ1n) is 6.15. The van der Waals surface area contributed by atoms with Crippen molar-refractivity contribution >= 4 is 11.6 Å². The average Bonchev–Trinajstić information content (AvgIpc) is 2.47. The van der Waals surface area contributed by atoms with E-state index in [9.17, 15) is 0 Å². The van der Waals surface area contributed by atoms with Crippen LogP contribution in [0.5, 0.6) is 5.75 Å². The van der Waals surface area contributed by atoms with Crippen LogP contribution in [0.15, 0.2) is 36.5 Å². The van der Waals surface area contributed by atoms with E-state index in [-0.39, 0.29) is 6.61 Å². The lowest BCUT2D eigenvalue weighted by molar-refractivity contribution is 0.302. The number of nitrogens with one attached hydrogen (secondary N) is 1. The molecule has 0 spiro atoms. The van der Waals surface area contributed by atoms with E-state index >= 15 is 0 Å². The molecule has 0 bridgehead atoms. The summed E-state index contributed by atoms with van der Waals surface area (Å²) in [5.41, 5.74) is 2.09. The molecule has 0 unspecified atom stereocenters. The maximum atomic E-state index is 9.00. The second-order valence-corrected chi connectivity index (χ2v) is 4.58. The van der Waals surface area contributed by atoms with Gasteiger partial charge in [-0.2, -0.15) is 5.26 Å². The number of pyridine rings is 1. The van der Waals surface area contributed by atoms with Gasteiger partial charge in [0, 0.05) is 23.9 Å². The lowest BCUT2D eigenvalue weighted by Gasteiger charge is -2.13. The third-order valence-electron chi connectivity index (χ3n) is 2.78. The number of ether oxygens (including phenoxy) is 1. The van der Waals surface area contributed by atoms with Crippen molar-refractivity contribution in [3.8, 4) is 11.8 Å². The summed E-state index contributed by atoms with van der Waals surface area (Å²) in [5, 5.41) is 12.6. The molecule has 1 N–H and O–H groups in total. The van der Waals surface area contributed by atoms with Crippen LogP contribution in [0, 0.1) is 11.3 Å². The van der Waals surface area contributed by atoms with Gasteiger partial charge in [-0.3, -0.25) is 0 Å². The third kappa shape index (κ3) is 3.27. The summed E-state index contributed by atoms with van der Waals surface area (Å²) in [6, 6.07) is 11.3. The molecule has 5 heteroatoms. The molecule has 0 saturated carbocycles. The summed E-state index contributed by atoms with van der Waals surface area (Å²) >= 11 is 6.17. The van der Waals surface area contributed by atoms with Crippen LogP contribution in [-0.2, 0) is 13.2 Å². The largest absolute Gasteiger partial charge is 0.487 e. The fourth-order valence-electron chi connectivity index (χ4n) is 1.85. The summed E-state index contributed by atoms with van der Waals surface area (Å²) in [5.74, 6) is 0.635. The van der Waals surface area contributed by atoms with Crippen LogP contribution in [0.25, 0.3) is 0 Å². The summed E-state index contributed by atoms with van der Waals surface area (Å²) < 4.78 is 5.79. The van der Waals surface area contributed by atoms with Gasteiger partial charge < -0.3 is 10.1 Å². The smallest absolute Gasteiger partial charge is 0.147 e. The number of para-hydroxylation sites is 1. The van der Waals surface area contributed by atoms with Crippen LogP contribution in [0.3, 0.4) is 0 Å². The molecule has 2 rings (SSSR count). The molecule has 1 aromatic carbocycles. The summed E-state index contributed by atoms with van der Waals surface area (Å²) in [4.78, 5) is 4.00. The first-order valence-corrected chi connectivity index (χ1v) is 6.53. The summed E-state index contributed by atoms with van der Waals surface area (Å²) in [6.07, 6.45) is 1.59. The second kappa shape index (κ2) is 6.90. The van der Waals surface area contributed by atoms with E-state index in [0.717, 1.165) is 11.1 Å². The van der Waals surface area contributed by atoms with Gasteiger partial charge in [0.15, 0.2) is 0 Å². The predicted molar refractivity (Wildman–Crippen MR) is 77.5 cm³/mol. The maximum Gasteiger partial charge on any atom is 0.147 e. The van der Waals surface area contributed by atoms with Crippen molar-refractivity contribution in [2.45, 2.75) is 13.2 Å². The van der Waals surface area contributed by atoms with Gasteiger partial charge in [-0.1, -0.05) is 29.8 Å². The van der Waals surface area contributed by atoms with Gasteiger partial charge in [-0.15, -0.1) is 0 Å². The van der Waals surface area contributed by atoms with Gasteiger partial charge in [0.1, 0.15) is 24.1 Å². The fourth-order valence-corrected chi connectivity index (χ4v) is 2.10. The Hall–Kier alpha value is -2.09. The van der Waals surface area contributed by atoms with Crippen molar-refractivity contribution in [2.24, 2.45) is 0 Å². The third-order valence-corrected chi connectivity index (χ3v) is 3.08. The minimum absolute atomic E-state index is 0.261. The molecule has 4 nitrogen and oxygen atoms in total. The molecule has 0 fully saturated rings. The number of rotatable bonds is 5. The first-order chi connectivity index (χ1) is 9.76. The summed E-state index contributed by atoms with van der Waals surface area (Å²) in [6.45, 7) is 0.922. The Morgan fingerprint density at radius 2 is 2.10 bits per heavy atom. The highest BCUT2D eigenvalue weighted by Crippen LogP contribution is 2.29. The van der Waals surface area contributed by atoms with Crippen molar-refractivity contribution in [3.63, 3.8) is 0 Å². The van der Waals surface area contributed by atoms with Crippen molar-refractivity contribution in [2.75, 3.05) is 7.05 Å². The van der Waals surface area contributed by atoms with E-state index < -0.39 is 0 Å². The molecule has 0 saturated heterocycles. The van der Waals surface area contributed by atoms with Gasteiger partial charge in [0.2, 0.25) is 0 Å². The Labute approximate surface area is 123 Å². The molecule has 20 heavy (non-hydrogen) atoms. The molecule has 1 aromatic heterocycles. The molecule has 0 amide bonds. The van der Waals surface area contributed by atoms with E-state index in [1.54, 1.807) is 18.3 Å². The molecule has 1 heterocycles. The topological polar surface area (TPSA) is 57.9 Å². The van der Waals surface area contributed by atoms with E-state index in [2.05, 4.69) is 10.3 Å². The number of nitrogens with zero attached hydrogens (tertiary/aromatic N) is 2. The van der Waals surface area contributed by atoms with Gasteiger partial charge in [0.25, 0.3) is 0 Å².